The van der Waals surface area contributed by atoms with E-state index in [9.17, 15) is 10.0 Å². The first-order chi connectivity index (χ1) is 17.5. The van der Waals surface area contributed by atoms with Crippen molar-refractivity contribution in [2.24, 2.45) is 46.3 Å². The molecule has 3 saturated carbocycles. The minimum absolute atomic E-state index is 0.197. The van der Waals surface area contributed by atoms with Crippen LogP contribution in [0.1, 0.15) is 112 Å². The molecular weight excluding hydrogens is 462 g/mol. The molecule has 9 atom stereocenters. The van der Waals surface area contributed by atoms with Gasteiger partial charge in [-0.05, 0) is 97.7 Å². The fourth-order valence-corrected chi connectivity index (χ4v) is 9.57. The van der Waals surface area contributed by atoms with Crippen molar-refractivity contribution in [3.05, 3.63) is 16.9 Å². The summed E-state index contributed by atoms with van der Waals surface area (Å²) < 4.78 is 6.20. The van der Waals surface area contributed by atoms with Crippen LogP contribution in [-0.4, -0.2) is 36.9 Å². The summed E-state index contributed by atoms with van der Waals surface area (Å²) in [6.07, 6.45) is 18.0. The Hall–Kier alpha value is -0.910. The molecule has 4 aliphatic carbocycles. The van der Waals surface area contributed by atoms with Gasteiger partial charge in [0.25, 0.3) is 0 Å². The van der Waals surface area contributed by atoms with Crippen molar-refractivity contribution in [2.75, 3.05) is 19.7 Å². The van der Waals surface area contributed by atoms with Gasteiger partial charge in [0.1, 0.15) is 0 Å². The maximum absolute atomic E-state index is 11.7. The van der Waals surface area contributed by atoms with E-state index in [2.05, 4.69) is 40.7 Å². The van der Waals surface area contributed by atoms with Gasteiger partial charge in [-0.15, -0.1) is 0 Å². The van der Waals surface area contributed by atoms with E-state index in [0.717, 1.165) is 48.3 Å². The van der Waals surface area contributed by atoms with E-state index < -0.39 is 5.97 Å². The summed E-state index contributed by atoms with van der Waals surface area (Å²) in [5.41, 5.74) is 2.52. The minimum Gasteiger partial charge on any atom is -0.634 e. The van der Waals surface area contributed by atoms with Gasteiger partial charge in [-0.25, -0.2) is 4.79 Å². The Morgan fingerprint density at radius 3 is 2.62 bits per heavy atom. The summed E-state index contributed by atoms with van der Waals surface area (Å²) in [6.45, 7) is 13.0. The van der Waals surface area contributed by atoms with E-state index >= 15 is 0 Å². The summed E-state index contributed by atoms with van der Waals surface area (Å²) in [7, 11) is 0. The SMILES string of the molecule is CC(C)CCC[C@@H](C)[C@H]1CCC2C3CC=C4C[C@@H](OCCC[NH+]([O-])CC(=O)O)CC[C@]4(C)C3CC[C@@]21C. The maximum atomic E-state index is 11.7. The first kappa shape index (κ1) is 29.1. The number of hydrogen-bond donors (Lipinski definition) is 2. The monoisotopic (exact) mass is 517 g/mol. The molecule has 212 valence electrons. The van der Waals surface area contributed by atoms with Crippen LogP contribution < -0.4 is 5.06 Å². The van der Waals surface area contributed by atoms with Crippen molar-refractivity contribution < 1.29 is 19.7 Å². The number of ether oxygens (including phenoxy) is 1. The molecule has 0 spiro atoms. The molecule has 5 heteroatoms. The van der Waals surface area contributed by atoms with Gasteiger partial charge in [-0.3, -0.25) is 0 Å². The fraction of sp³-hybridized carbons (Fsp3) is 0.906. The Bertz CT molecular complexity index is 811. The van der Waals surface area contributed by atoms with Gasteiger partial charge < -0.3 is 20.1 Å². The molecule has 4 unspecified atom stereocenters. The lowest BCUT2D eigenvalue weighted by Gasteiger charge is -2.58. The van der Waals surface area contributed by atoms with Gasteiger partial charge >= 0.3 is 5.97 Å². The molecule has 0 aromatic rings. The maximum Gasteiger partial charge on any atom is 0.359 e. The molecule has 0 bridgehead atoms. The van der Waals surface area contributed by atoms with Crippen molar-refractivity contribution in [3.8, 4) is 0 Å². The molecule has 4 aliphatic rings. The first-order valence-corrected chi connectivity index (χ1v) is 15.6. The zero-order valence-electron chi connectivity index (χ0n) is 24.4. The molecule has 5 nitrogen and oxygen atoms in total. The average Bonchev–Trinajstić information content (AvgIpc) is 3.18. The van der Waals surface area contributed by atoms with Gasteiger partial charge in [-0.2, -0.15) is 0 Å². The molecule has 4 rings (SSSR count). The van der Waals surface area contributed by atoms with Crippen LogP contribution in [0.3, 0.4) is 0 Å². The highest BCUT2D eigenvalue weighted by Gasteiger charge is 2.59. The van der Waals surface area contributed by atoms with Crippen LogP contribution in [0.2, 0.25) is 0 Å². The highest BCUT2D eigenvalue weighted by atomic mass is 16.5. The molecule has 2 N–H and O–H groups in total. The van der Waals surface area contributed by atoms with Crippen LogP contribution in [0.25, 0.3) is 0 Å². The summed E-state index contributed by atoms with van der Waals surface area (Å²) >= 11 is 0. The second kappa shape index (κ2) is 12.1. The highest BCUT2D eigenvalue weighted by molar-refractivity contribution is 5.67. The van der Waals surface area contributed by atoms with Crippen LogP contribution in [-0.2, 0) is 9.53 Å². The molecule has 3 fully saturated rings. The predicted octanol–water partition coefficient (Wildman–Crippen LogP) is 6.27. The van der Waals surface area contributed by atoms with Crippen LogP contribution >= 0.6 is 0 Å². The number of hydroxylamine groups is 2. The number of carboxylic acids is 1. The molecule has 0 amide bonds. The van der Waals surface area contributed by atoms with Gasteiger partial charge in [0.05, 0.1) is 19.3 Å². The molecule has 0 heterocycles. The van der Waals surface area contributed by atoms with Crippen molar-refractivity contribution >= 4 is 5.97 Å². The van der Waals surface area contributed by atoms with Crippen LogP contribution in [0, 0.1) is 51.5 Å². The normalized spacial score (nSPS) is 38.9. The zero-order valence-corrected chi connectivity index (χ0v) is 24.4. The third-order valence-corrected chi connectivity index (χ3v) is 11.6. The smallest absolute Gasteiger partial charge is 0.359 e. The Kier molecular flexibility index (Phi) is 9.50. The largest absolute Gasteiger partial charge is 0.634 e. The molecule has 0 aromatic carbocycles. The zero-order chi connectivity index (χ0) is 26.8. The second-order valence-corrected chi connectivity index (χ2v) is 14.2. The lowest BCUT2D eigenvalue weighted by Crippen LogP contribution is -3.08. The molecule has 0 saturated heterocycles. The third-order valence-electron chi connectivity index (χ3n) is 11.6. The van der Waals surface area contributed by atoms with Crippen molar-refractivity contribution in [1.29, 1.82) is 0 Å². The molecule has 37 heavy (non-hydrogen) atoms. The van der Waals surface area contributed by atoms with Gasteiger partial charge in [-0.1, -0.05) is 65.5 Å². The quantitative estimate of drug-likeness (QED) is 0.182. The number of fused-ring (bicyclic) bond motifs is 5. The van der Waals surface area contributed by atoms with Gasteiger partial charge in [0.15, 0.2) is 6.54 Å². The lowest BCUT2D eigenvalue weighted by atomic mass is 9.47. The Balaban J connectivity index is 1.32. The van der Waals surface area contributed by atoms with Gasteiger partial charge in [0.2, 0.25) is 0 Å². The lowest BCUT2D eigenvalue weighted by molar-refractivity contribution is -0.840. The number of hydrogen-bond acceptors (Lipinski definition) is 3. The Morgan fingerprint density at radius 1 is 1.11 bits per heavy atom. The van der Waals surface area contributed by atoms with E-state index in [0.29, 0.717) is 30.4 Å². The Labute approximate surface area is 226 Å². The first-order valence-electron chi connectivity index (χ1n) is 15.6. The number of quaternary nitrogens is 1. The summed E-state index contributed by atoms with van der Waals surface area (Å²) in [6, 6.07) is 0. The fourth-order valence-electron chi connectivity index (χ4n) is 9.57. The molecule has 0 aliphatic heterocycles. The van der Waals surface area contributed by atoms with Crippen molar-refractivity contribution in [3.63, 3.8) is 0 Å². The number of aliphatic carboxylic acids is 1. The summed E-state index contributed by atoms with van der Waals surface area (Å²) in [5, 5.41) is 20.2. The number of rotatable bonds is 12. The molecular formula is C32H55NO4. The third kappa shape index (κ3) is 6.30. The topological polar surface area (TPSA) is 74.0 Å². The molecule has 0 aromatic heterocycles. The van der Waals surface area contributed by atoms with E-state index in [1.807, 2.05) is 0 Å². The molecule has 0 radical (unpaired) electrons. The summed E-state index contributed by atoms with van der Waals surface area (Å²) in [5.74, 6) is 4.15. The number of carboxylic acid groups (broad SMARTS) is 1. The van der Waals surface area contributed by atoms with E-state index in [4.69, 9.17) is 9.84 Å². The van der Waals surface area contributed by atoms with Crippen molar-refractivity contribution in [1.82, 2.24) is 0 Å². The summed E-state index contributed by atoms with van der Waals surface area (Å²) in [4.78, 5) is 10.7. The minimum atomic E-state index is -1.03. The van der Waals surface area contributed by atoms with E-state index in [1.54, 1.807) is 5.57 Å². The van der Waals surface area contributed by atoms with Crippen LogP contribution in [0.5, 0.6) is 0 Å². The van der Waals surface area contributed by atoms with Crippen LogP contribution in [0.4, 0.5) is 0 Å². The number of nitrogens with one attached hydrogen (secondary N) is 1. The number of allylic oxidation sites excluding steroid dienone is 1. The number of carbonyl (C=O) groups is 1. The predicted molar refractivity (Wildman–Crippen MR) is 149 cm³/mol. The second-order valence-electron chi connectivity index (χ2n) is 14.2. The standard InChI is InChI=1S/C32H55NO4/c1-22(2)8-6-9-23(3)27-12-13-28-26-11-10-24-20-25(37-19-7-18-33(36)21-30(34)35)14-16-31(24,4)29(26)15-17-32(27,28)5/h10,22-23,25-29,33H,6-9,11-21H2,1-5H3,(H,34,35)/t23-,25+,26?,27-,28?,29?,31+,32-/m1/s1. The average molecular weight is 518 g/mol. The van der Waals surface area contributed by atoms with E-state index in [-0.39, 0.29) is 17.7 Å². The van der Waals surface area contributed by atoms with Crippen molar-refractivity contribution in [2.45, 2.75) is 118 Å². The highest BCUT2D eigenvalue weighted by Crippen LogP contribution is 2.67. The van der Waals surface area contributed by atoms with Crippen LogP contribution in [0.15, 0.2) is 11.6 Å². The van der Waals surface area contributed by atoms with E-state index in [1.165, 1.54) is 57.8 Å². The van der Waals surface area contributed by atoms with Gasteiger partial charge in [0, 0.05) is 6.42 Å². The Morgan fingerprint density at radius 2 is 1.89 bits per heavy atom.